The maximum atomic E-state index is 10.5. The summed E-state index contributed by atoms with van der Waals surface area (Å²) in [6.07, 6.45) is 1.32. The predicted octanol–water partition coefficient (Wildman–Crippen LogP) is 2.47. The van der Waals surface area contributed by atoms with Gasteiger partial charge in [-0.15, -0.1) is 0 Å². The Morgan fingerprint density at radius 2 is 1.30 bits per heavy atom. The highest BCUT2D eigenvalue weighted by Gasteiger charge is 2.03. The summed E-state index contributed by atoms with van der Waals surface area (Å²) in [6, 6.07) is 11.6. The molecule has 0 unspecified atom stereocenters. The Morgan fingerprint density at radius 3 is 1.78 bits per heavy atom. The molecule has 0 saturated heterocycles. The molecule has 0 aliphatic carbocycles. The van der Waals surface area contributed by atoms with Gasteiger partial charge < -0.3 is 5.43 Å². The van der Waals surface area contributed by atoms with Crippen molar-refractivity contribution in [2.75, 3.05) is 10.9 Å². The molecule has 3 N–H and O–H groups in total. The van der Waals surface area contributed by atoms with Crippen LogP contribution in [0.3, 0.4) is 0 Å². The highest BCUT2D eigenvalue weighted by Crippen LogP contribution is 2.15. The number of nitro groups is 2. The number of anilines is 2. The number of hydrazone groups is 1. The van der Waals surface area contributed by atoms with E-state index in [9.17, 15) is 20.2 Å². The summed E-state index contributed by atoms with van der Waals surface area (Å²) < 4.78 is 0. The molecule has 0 fully saturated rings. The number of nitrogens with zero attached hydrogens (tertiary/aromatic N) is 3. The summed E-state index contributed by atoms with van der Waals surface area (Å²) in [5, 5.41) is 24.9. The third-order valence-electron chi connectivity index (χ3n) is 2.70. The lowest BCUT2D eigenvalue weighted by Crippen LogP contribution is -2.19. The number of nitrogens with one attached hydrogen (secondary N) is 3. The molecule has 118 valence electrons. The number of benzene rings is 2. The molecule has 0 aromatic heterocycles. The van der Waals surface area contributed by atoms with E-state index in [1.54, 1.807) is 12.1 Å². The molecular weight excluding hydrogens is 304 g/mol. The van der Waals surface area contributed by atoms with E-state index >= 15 is 0 Å². The Bertz CT molecular complexity index is 714. The van der Waals surface area contributed by atoms with Crippen LogP contribution in [0.2, 0.25) is 0 Å². The quantitative estimate of drug-likeness (QED) is 0.309. The number of hydrazine groups is 1. The van der Waals surface area contributed by atoms with Crippen molar-refractivity contribution in [2.45, 2.75) is 0 Å². The molecule has 0 saturated carbocycles. The Morgan fingerprint density at radius 1 is 0.826 bits per heavy atom. The van der Waals surface area contributed by atoms with Crippen molar-refractivity contribution in [3.63, 3.8) is 0 Å². The highest BCUT2D eigenvalue weighted by atomic mass is 16.6. The lowest BCUT2D eigenvalue weighted by atomic mass is 10.3. The first kappa shape index (κ1) is 15.7. The van der Waals surface area contributed by atoms with Crippen molar-refractivity contribution in [2.24, 2.45) is 5.10 Å². The number of rotatable bonds is 7. The number of hydrogen-bond donors (Lipinski definition) is 3. The van der Waals surface area contributed by atoms with Gasteiger partial charge in [0.2, 0.25) is 0 Å². The molecule has 2 aromatic carbocycles. The first-order valence-corrected chi connectivity index (χ1v) is 6.34. The maximum absolute atomic E-state index is 10.5. The van der Waals surface area contributed by atoms with Gasteiger partial charge in [0, 0.05) is 24.3 Å². The first-order valence-electron chi connectivity index (χ1n) is 6.34. The lowest BCUT2D eigenvalue weighted by Gasteiger charge is -2.04. The van der Waals surface area contributed by atoms with Crippen molar-refractivity contribution < 1.29 is 9.85 Å². The summed E-state index contributed by atoms with van der Waals surface area (Å²) in [5.41, 5.74) is 9.33. The summed E-state index contributed by atoms with van der Waals surface area (Å²) in [7, 11) is 0. The van der Waals surface area contributed by atoms with Crippen molar-refractivity contribution in [3.8, 4) is 0 Å². The molecule has 0 amide bonds. The molecule has 2 rings (SSSR count). The minimum absolute atomic E-state index is 0.00232. The van der Waals surface area contributed by atoms with Crippen molar-refractivity contribution in [1.82, 2.24) is 5.43 Å². The fourth-order valence-corrected chi connectivity index (χ4v) is 1.58. The Hall–Kier alpha value is -3.69. The predicted molar refractivity (Wildman–Crippen MR) is 85.1 cm³/mol. The van der Waals surface area contributed by atoms with E-state index in [1.165, 1.54) is 42.7 Å². The van der Waals surface area contributed by atoms with Gasteiger partial charge in [0.05, 0.1) is 21.2 Å². The van der Waals surface area contributed by atoms with Crippen molar-refractivity contribution in [1.29, 1.82) is 0 Å². The third-order valence-corrected chi connectivity index (χ3v) is 2.70. The van der Waals surface area contributed by atoms with E-state index in [0.717, 1.165) is 0 Å². The topological polar surface area (TPSA) is 135 Å². The van der Waals surface area contributed by atoms with Gasteiger partial charge in [0.25, 0.3) is 11.4 Å². The van der Waals surface area contributed by atoms with Gasteiger partial charge >= 0.3 is 0 Å². The highest BCUT2D eigenvalue weighted by molar-refractivity contribution is 5.61. The molecule has 0 aliphatic heterocycles. The molecule has 10 heteroatoms. The molecule has 0 radical (unpaired) electrons. The molecule has 23 heavy (non-hydrogen) atoms. The van der Waals surface area contributed by atoms with Gasteiger partial charge in [-0.25, -0.2) is 0 Å². The zero-order chi connectivity index (χ0) is 16.7. The van der Waals surface area contributed by atoms with Crippen LogP contribution in [0.1, 0.15) is 0 Å². The molecule has 0 bridgehead atoms. The van der Waals surface area contributed by atoms with E-state index in [0.29, 0.717) is 11.4 Å². The molecule has 0 aliphatic rings. The van der Waals surface area contributed by atoms with Crippen LogP contribution in [0.15, 0.2) is 53.6 Å². The van der Waals surface area contributed by atoms with Gasteiger partial charge in [-0.1, -0.05) is 0 Å². The smallest absolute Gasteiger partial charge is 0.269 e. The average Bonchev–Trinajstić information content (AvgIpc) is 2.55. The first-order chi connectivity index (χ1) is 11.1. The van der Waals surface area contributed by atoms with E-state index in [1.807, 2.05) is 0 Å². The number of hydrogen-bond acceptors (Lipinski definition) is 7. The minimum Gasteiger partial charge on any atom is -0.300 e. The number of non-ortho nitro benzene ring substituents is 2. The van der Waals surface area contributed by atoms with E-state index in [2.05, 4.69) is 21.4 Å². The van der Waals surface area contributed by atoms with E-state index in [-0.39, 0.29) is 11.4 Å². The van der Waals surface area contributed by atoms with Crippen LogP contribution in [0.5, 0.6) is 0 Å². The van der Waals surface area contributed by atoms with Crippen molar-refractivity contribution >= 4 is 29.1 Å². The second kappa shape index (κ2) is 7.36. The standard InChI is InChI=1S/C13H12N6O4/c20-18(21)12-5-1-10(2-6-12)16-14-9-15-17-11-3-7-13(8-4-11)19(22)23/h1-9,16-17H,(H,14,15). The van der Waals surface area contributed by atoms with Crippen LogP contribution in [-0.4, -0.2) is 16.2 Å². The second-order valence-electron chi connectivity index (χ2n) is 4.25. The third kappa shape index (κ3) is 4.67. The van der Waals surface area contributed by atoms with Crippen LogP contribution < -0.4 is 16.3 Å². The maximum Gasteiger partial charge on any atom is 0.269 e. The SMILES string of the molecule is O=[N+]([O-])c1ccc(NN=CNNc2ccc([N+](=O)[O-])cc2)cc1. The van der Waals surface area contributed by atoms with Crippen LogP contribution in [0.4, 0.5) is 22.7 Å². The molecular formula is C13H12N6O4. The van der Waals surface area contributed by atoms with Gasteiger partial charge in [-0.05, 0) is 24.3 Å². The summed E-state index contributed by atoms with van der Waals surface area (Å²) >= 11 is 0. The van der Waals surface area contributed by atoms with Gasteiger partial charge in [0.15, 0.2) is 0 Å². The summed E-state index contributed by atoms with van der Waals surface area (Å²) in [4.78, 5) is 20.0. The van der Waals surface area contributed by atoms with Crippen LogP contribution >= 0.6 is 0 Å². The fraction of sp³-hybridized carbons (Fsp3) is 0. The average molecular weight is 316 g/mol. The normalized spacial score (nSPS) is 10.3. The molecule has 0 heterocycles. The lowest BCUT2D eigenvalue weighted by molar-refractivity contribution is -0.385. The molecule has 0 atom stereocenters. The number of nitro benzene ring substituents is 2. The van der Waals surface area contributed by atoms with E-state index in [4.69, 9.17) is 0 Å². The zero-order valence-corrected chi connectivity index (χ0v) is 11.7. The largest absolute Gasteiger partial charge is 0.300 e. The summed E-state index contributed by atoms with van der Waals surface area (Å²) in [5.74, 6) is 0. The summed E-state index contributed by atoms with van der Waals surface area (Å²) in [6.45, 7) is 0. The van der Waals surface area contributed by atoms with Crippen molar-refractivity contribution in [3.05, 3.63) is 68.8 Å². The van der Waals surface area contributed by atoms with E-state index < -0.39 is 9.85 Å². The monoisotopic (exact) mass is 316 g/mol. The fourth-order valence-electron chi connectivity index (χ4n) is 1.58. The Balaban J connectivity index is 1.78. The second-order valence-corrected chi connectivity index (χ2v) is 4.25. The van der Waals surface area contributed by atoms with Gasteiger partial charge in [-0.2, -0.15) is 5.10 Å². The van der Waals surface area contributed by atoms with Crippen LogP contribution in [0, 0.1) is 20.2 Å². The zero-order valence-electron chi connectivity index (χ0n) is 11.7. The van der Waals surface area contributed by atoms with Gasteiger partial charge in [-0.3, -0.25) is 31.1 Å². The van der Waals surface area contributed by atoms with Crippen LogP contribution in [-0.2, 0) is 0 Å². The minimum atomic E-state index is -0.483. The Labute approximate surface area is 130 Å². The van der Waals surface area contributed by atoms with Gasteiger partial charge in [0.1, 0.15) is 6.34 Å². The molecule has 2 aromatic rings. The molecule has 10 nitrogen and oxygen atoms in total. The Kier molecular flexibility index (Phi) is 5.02. The van der Waals surface area contributed by atoms with Crippen LogP contribution in [0.25, 0.3) is 0 Å². The molecule has 0 spiro atoms.